The summed E-state index contributed by atoms with van der Waals surface area (Å²) < 4.78 is 46.4. The predicted octanol–water partition coefficient (Wildman–Crippen LogP) is 2.29. The van der Waals surface area contributed by atoms with E-state index in [1.807, 2.05) is 0 Å². The Kier molecular flexibility index (Phi) is 7.21. The lowest BCUT2D eigenvalue weighted by Crippen LogP contribution is -2.23. The van der Waals surface area contributed by atoms with Gasteiger partial charge in [0, 0.05) is 24.4 Å². The molecule has 0 radical (unpaired) electrons. The number of carbonyl (C=O) groups is 2. The number of carboxylic acid groups (broad SMARTS) is 1. The van der Waals surface area contributed by atoms with Crippen molar-refractivity contribution in [2.75, 3.05) is 7.05 Å². The molecule has 0 saturated carbocycles. The molecule has 10 nitrogen and oxygen atoms in total. The van der Waals surface area contributed by atoms with E-state index < -0.39 is 43.7 Å². The molecular formula is C20H16ClFN4O6S. The minimum Gasteiger partial charge on any atom is -0.478 e. The van der Waals surface area contributed by atoms with Crippen LogP contribution in [0.3, 0.4) is 0 Å². The van der Waals surface area contributed by atoms with Crippen LogP contribution < -0.4 is 5.32 Å². The molecule has 1 atom stereocenters. The standard InChI is InChI=1S/C20H16ClFN4O6S/c1-23-20(32-19(29)7-6-18(27)28)15-9-17(26(25-15)16-5-3-2-4-14(16)21)33(30,31)13-8-12(22)10-24-11-13/h2-11,20,23H,1H3,(H,27,28)/b7-6+. The van der Waals surface area contributed by atoms with Crippen LogP contribution in [0.25, 0.3) is 5.69 Å². The Labute approximate surface area is 192 Å². The first-order valence-corrected chi connectivity index (χ1v) is 11.0. The van der Waals surface area contributed by atoms with Crippen LogP contribution in [0, 0.1) is 5.82 Å². The van der Waals surface area contributed by atoms with Crippen LogP contribution in [0.5, 0.6) is 0 Å². The van der Waals surface area contributed by atoms with Crippen molar-refractivity contribution in [3.05, 3.63) is 77.5 Å². The number of ether oxygens (including phenoxy) is 1. The van der Waals surface area contributed by atoms with Gasteiger partial charge in [-0.05, 0) is 25.2 Å². The van der Waals surface area contributed by atoms with Gasteiger partial charge in [0.05, 0.1) is 21.8 Å². The Morgan fingerprint density at radius 1 is 1.24 bits per heavy atom. The van der Waals surface area contributed by atoms with Gasteiger partial charge in [-0.2, -0.15) is 5.10 Å². The summed E-state index contributed by atoms with van der Waals surface area (Å²) in [5.74, 6) is -3.22. The van der Waals surface area contributed by atoms with Crippen molar-refractivity contribution in [3.8, 4) is 5.69 Å². The summed E-state index contributed by atoms with van der Waals surface area (Å²) in [6.07, 6.45) is 1.86. The van der Waals surface area contributed by atoms with Crippen LogP contribution >= 0.6 is 11.6 Å². The number of esters is 1. The molecule has 1 unspecified atom stereocenters. The van der Waals surface area contributed by atoms with Gasteiger partial charge < -0.3 is 9.84 Å². The van der Waals surface area contributed by atoms with Gasteiger partial charge in [0.25, 0.3) is 0 Å². The first-order chi connectivity index (χ1) is 15.6. The molecule has 2 heterocycles. The average Bonchev–Trinajstić information content (AvgIpc) is 3.22. The molecular weight excluding hydrogens is 479 g/mol. The average molecular weight is 495 g/mol. The number of carboxylic acids is 1. The number of sulfone groups is 1. The third kappa shape index (κ3) is 5.42. The van der Waals surface area contributed by atoms with Crippen LogP contribution in [0.2, 0.25) is 5.02 Å². The highest BCUT2D eigenvalue weighted by Gasteiger charge is 2.29. The number of carbonyl (C=O) groups excluding carboxylic acids is 1. The first kappa shape index (κ1) is 24.0. The second-order valence-corrected chi connectivity index (χ2v) is 8.69. The topological polar surface area (TPSA) is 140 Å². The zero-order valence-electron chi connectivity index (χ0n) is 16.8. The molecule has 13 heteroatoms. The Morgan fingerprint density at radius 2 is 1.97 bits per heavy atom. The van der Waals surface area contributed by atoms with E-state index in [0.29, 0.717) is 12.2 Å². The molecule has 172 valence electrons. The van der Waals surface area contributed by atoms with E-state index in [0.717, 1.165) is 29.2 Å². The number of nitrogens with one attached hydrogen (secondary N) is 1. The molecule has 2 aromatic heterocycles. The SMILES string of the molecule is CNC(OC(=O)/C=C/C(=O)O)c1cc(S(=O)(=O)c2cncc(F)c2)n(-c2ccccc2Cl)n1. The van der Waals surface area contributed by atoms with Crippen LogP contribution in [0.1, 0.15) is 11.9 Å². The van der Waals surface area contributed by atoms with Crippen molar-refractivity contribution in [3.63, 3.8) is 0 Å². The molecule has 0 fully saturated rings. The quantitative estimate of drug-likeness (QED) is 0.274. The maximum absolute atomic E-state index is 13.7. The Bertz CT molecular complexity index is 1340. The molecule has 0 aliphatic heterocycles. The van der Waals surface area contributed by atoms with E-state index in [1.54, 1.807) is 12.1 Å². The number of para-hydroxylation sites is 1. The van der Waals surface area contributed by atoms with Gasteiger partial charge in [0.1, 0.15) is 11.5 Å². The molecule has 0 bridgehead atoms. The number of nitrogens with zero attached hydrogens (tertiary/aromatic N) is 3. The number of hydrogen-bond donors (Lipinski definition) is 2. The first-order valence-electron chi connectivity index (χ1n) is 9.13. The van der Waals surface area contributed by atoms with Gasteiger partial charge in [0.15, 0.2) is 11.3 Å². The Morgan fingerprint density at radius 3 is 2.61 bits per heavy atom. The number of halogens is 2. The molecule has 3 rings (SSSR count). The smallest absolute Gasteiger partial charge is 0.332 e. The fourth-order valence-corrected chi connectivity index (χ4v) is 4.29. The fraction of sp³-hybridized carbons (Fsp3) is 0.100. The maximum Gasteiger partial charge on any atom is 0.332 e. The Hall–Kier alpha value is -3.61. The van der Waals surface area contributed by atoms with Crippen molar-refractivity contribution >= 4 is 33.4 Å². The predicted molar refractivity (Wildman–Crippen MR) is 113 cm³/mol. The molecule has 0 aliphatic rings. The summed E-state index contributed by atoms with van der Waals surface area (Å²) in [5.41, 5.74) is 0.151. The van der Waals surface area contributed by atoms with Crippen molar-refractivity contribution in [2.24, 2.45) is 0 Å². The van der Waals surface area contributed by atoms with Crippen LogP contribution in [-0.4, -0.2) is 47.3 Å². The normalized spacial score (nSPS) is 12.6. The van der Waals surface area contributed by atoms with Gasteiger partial charge >= 0.3 is 11.9 Å². The summed E-state index contributed by atoms with van der Waals surface area (Å²) >= 11 is 6.24. The second-order valence-electron chi connectivity index (χ2n) is 6.39. The molecule has 0 amide bonds. The lowest BCUT2D eigenvalue weighted by Gasteiger charge is -2.13. The van der Waals surface area contributed by atoms with Crippen molar-refractivity contribution < 1.29 is 32.2 Å². The number of benzene rings is 1. The van der Waals surface area contributed by atoms with Gasteiger partial charge in [-0.25, -0.2) is 27.1 Å². The van der Waals surface area contributed by atoms with E-state index >= 15 is 0 Å². The molecule has 0 saturated heterocycles. The molecule has 0 spiro atoms. The van der Waals surface area contributed by atoms with Crippen molar-refractivity contribution in [1.82, 2.24) is 20.1 Å². The minimum atomic E-state index is -4.35. The van der Waals surface area contributed by atoms with E-state index in [9.17, 15) is 22.4 Å². The molecule has 2 N–H and O–H groups in total. The monoisotopic (exact) mass is 494 g/mol. The fourth-order valence-electron chi connectivity index (χ4n) is 2.72. The molecule has 1 aromatic carbocycles. The summed E-state index contributed by atoms with van der Waals surface area (Å²) in [4.78, 5) is 25.7. The maximum atomic E-state index is 13.7. The van der Waals surface area contributed by atoms with E-state index in [2.05, 4.69) is 15.4 Å². The van der Waals surface area contributed by atoms with Crippen molar-refractivity contribution in [2.45, 2.75) is 16.1 Å². The number of hydrogen-bond acceptors (Lipinski definition) is 8. The third-order valence-corrected chi connectivity index (χ3v) is 6.17. The highest BCUT2D eigenvalue weighted by molar-refractivity contribution is 7.91. The third-order valence-electron chi connectivity index (χ3n) is 4.17. The van der Waals surface area contributed by atoms with Gasteiger partial charge in [-0.3, -0.25) is 10.3 Å². The molecule has 33 heavy (non-hydrogen) atoms. The summed E-state index contributed by atoms with van der Waals surface area (Å²) in [5, 5.41) is 15.3. The van der Waals surface area contributed by atoms with Gasteiger partial charge in [-0.15, -0.1) is 0 Å². The summed E-state index contributed by atoms with van der Waals surface area (Å²) in [7, 11) is -2.93. The van der Waals surface area contributed by atoms with Crippen molar-refractivity contribution in [1.29, 1.82) is 0 Å². The van der Waals surface area contributed by atoms with Crippen LogP contribution in [0.15, 0.2) is 70.9 Å². The summed E-state index contributed by atoms with van der Waals surface area (Å²) in [6.45, 7) is 0. The molecule has 3 aromatic rings. The largest absolute Gasteiger partial charge is 0.478 e. The highest BCUT2D eigenvalue weighted by atomic mass is 35.5. The lowest BCUT2D eigenvalue weighted by atomic mass is 10.3. The van der Waals surface area contributed by atoms with E-state index in [4.69, 9.17) is 21.4 Å². The highest BCUT2D eigenvalue weighted by Crippen LogP contribution is 2.29. The van der Waals surface area contributed by atoms with Crippen LogP contribution in [0.4, 0.5) is 4.39 Å². The number of aromatic nitrogens is 3. The van der Waals surface area contributed by atoms with E-state index in [1.165, 1.54) is 19.2 Å². The van der Waals surface area contributed by atoms with Gasteiger partial charge in [-0.1, -0.05) is 23.7 Å². The number of rotatable bonds is 8. The van der Waals surface area contributed by atoms with E-state index in [-0.39, 0.29) is 16.4 Å². The van der Waals surface area contributed by atoms with Gasteiger partial charge in [0.2, 0.25) is 9.84 Å². The minimum absolute atomic E-state index is 0.0440. The summed E-state index contributed by atoms with van der Waals surface area (Å²) in [6, 6.07) is 8.20. The van der Waals surface area contributed by atoms with Crippen LogP contribution in [-0.2, 0) is 24.2 Å². The zero-order valence-corrected chi connectivity index (χ0v) is 18.4. The number of pyridine rings is 1. The molecule has 0 aliphatic carbocycles. The number of aliphatic carboxylic acids is 1. The second kappa shape index (κ2) is 9.90. The lowest BCUT2D eigenvalue weighted by molar-refractivity contribution is -0.145. The zero-order chi connectivity index (χ0) is 24.2. The Balaban J connectivity index is 2.14.